The first-order valence-electron chi connectivity index (χ1n) is 9.62. The van der Waals surface area contributed by atoms with E-state index < -0.39 is 0 Å². The minimum atomic E-state index is -0.180. The van der Waals surface area contributed by atoms with Crippen molar-refractivity contribution in [2.24, 2.45) is 0 Å². The minimum Gasteiger partial charge on any atom is -0.463 e. The van der Waals surface area contributed by atoms with Crippen LogP contribution in [0.4, 0.5) is 0 Å². The molecule has 0 aromatic carbocycles. The number of furan rings is 1. The van der Waals surface area contributed by atoms with Gasteiger partial charge in [-0.2, -0.15) is 9.78 Å². The number of ether oxygens (including phenoxy) is 1. The maximum absolute atomic E-state index is 13.3. The number of nitrogens with zero attached hydrogens (tertiary/aromatic N) is 6. The summed E-state index contributed by atoms with van der Waals surface area (Å²) in [5.74, 6) is 0.764. The molecule has 0 fully saturated rings. The highest BCUT2D eigenvalue weighted by atomic mass is 32.1. The fourth-order valence-electron chi connectivity index (χ4n) is 3.11. The third-order valence-electron chi connectivity index (χ3n) is 4.88. The minimum absolute atomic E-state index is 0.175. The lowest BCUT2D eigenvalue weighted by Crippen LogP contribution is -2.30. The third kappa shape index (κ3) is 4.12. The number of amides is 1. The van der Waals surface area contributed by atoms with Crippen LogP contribution in [0.15, 0.2) is 46.7 Å². The van der Waals surface area contributed by atoms with E-state index in [9.17, 15) is 4.79 Å². The number of methoxy groups -OCH3 is 1. The average molecular weight is 439 g/mol. The number of thiazole rings is 1. The van der Waals surface area contributed by atoms with E-state index in [-0.39, 0.29) is 18.6 Å². The van der Waals surface area contributed by atoms with Crippen molar-refractivity contribution < 1.29 is 13.9 Å². The first-order chi connectivity index (χ1) is 15.0. The van der Waals surface area contributed by atoms with Gasteiger partial charge in [0.15, 0.2) is 5.76 Å². The fourth-order valence-corrected chi connectivity index (χ4v) is 4.00. The summed E-state index contributed by atoms with van der Waals surface area (Å²) < 4.78 is 12.3. The normalized spacial score (nSPS) is 12.1. The number of carbonyl (C=O) groups is 1. The standard InChI is InChI=1S/C21H22N6O3S/c1-13-12-31-19(24-13)14(2)26(3)20(28)15-10-23-27(17(15)11-29-4)21-22-8-7-16(25-21)18-6-5-9-30-18/h5-10,12,14H,11H2,1-4H3. The smallest absolute Gasteiger partial charge is 0.257 e. The monoisotopic (exact) mass is 438 g/mol. The topological polar surface area (TPSA) is 99.2 Å². The molecule has 1 atom stereocenters. The third-order valence-corrected chi connectivity index (χ3v) is 6.01. The molecule has 0 saturated heterocycles. The van der Waals surface area contributed by atoms with Crippen molar-refractivity contribution in [3.05, 3.63) is 64.2 Å². The summed E-state index contributed by atoms with van der Waals surface area (Å²) in [5.41, 5.74) is 2.55. The molecular weight excluding hydrogens is 416 g/mol. The molecular formula is C21H22N6O3S. The molecule has 0 aliphatic carbocycles. The maximum atomic E-state index is 13.3. The van der Waals surface area contributed by atoms with Gasteiger partial charge in [-0.05, 0) is 32.0 Å². The lowest BCUT2D eigenvalue weighted by molar-refractivity contribution is 0.0737. The SMILES string of the molecule is COCc1c(C(=O)N(C)C(C)c2nc(C)cs2)cnn1-c1nccc(-c2ccco2)n1. The zero-order chi connectivity index (χ0) is 22.0. The van der Waals surface area contributed by atoms with Crippen LogP contribution in [0.3, 0.4) is 0 Å². The van der Waals surface area contributed by atoms with Crippen LogP contribution >= 0.6 is 11.3 Å². The predicted molar refractivity (Wildman–Crippen MR) is 115 cm³/mol. The van der Waals surface area contributed by atoms with Crippen molar-refractivity contribution in [2.75, 3.05) is 14.2 Å². The molecule has 0 aliphatic heterocycles. The van der Waals surface area contributed by atoms with Gasteiger partial charge in [-0.25, -0.2) is 15.0 Å². The molecule has 0 spiro atoms. The molecule has 0 saturated carbocycles. The van der Waals surface area contributed by atoms with Crippen molar-refractivity contribution in [3.63, 3.8) is 0 Å². The summed E-state index contributed by atoms with van der Waals surface area (Å²) in [7, 11) is 3.32. The summed E-state index contributed by atoms with van der Waals surface area (Å²) >= 11 is 1.54. The zero-order valence-electron chi connectivity index (χ0n) is 17.6. The van der Waals surface area contributed by atoms with Crippen LogP contribution in [0.1, 0.15) is 39.7 Å². The van der Waals surface area contributed by atoms with E-state index >= 15 is 0 Å². The number of rotatable bonds is 7. The molecule has 1 unspecified atom stereocenters. The van der Waals surface area contributed by atoms with Crippen LogP contribution in [0.5, 0.6) is 0 Å². The van der Waals surface area contributed by atoms with Crippen LogP contribution in [-0.4, -0.2) is 49.7 Å². The van der Waals surface area contributed by atoms with Gasteiger partial charge in [-0.15, -0.1) is 11.3 Å². The van der Waals surface area contributed by atoms with Crippen LogP contribution in [0, 0.1) is 6.92 Å². The Balaban J connectivity index is 1.68. The quantitative estimate of drug-likeness (QED) is 0.434. The Kier molecular flexibility index (Phi) is 5.92. The van der Waals surface area contributed by atoms with E-state index in [1.807, 2.05) is 25.3 Å². The molecule has 4 aromatic heterocycles. The number of hydrogen-bond donors (Lipinski definition) is 0. The Labute approximate surface area is 183 Å². The summed E-state index contributed by atoms with van der Waals surface area (Å²) in [6.07, 6.45) is 4.73. The van der Waals surface area contributed by atoms with Crippen LogP contribution < -0.4 is 0 Å². The van der Waals surface area contributed by atoms with Crippen LogP contribution in [0.25, 0.3) is 17.4 Å². The lowest BCUT2D eigenvalue weighted by atomic mass is 10.2. The summed E-state index contributed by atoms with van der Waals surface area (Å²) in [6.45, 7) is 4.06. The molecule has 0 N–H and O–H groups in total. The molecule has 1 amide bonds. The molecule has 10 heteroatoms. The van der Waals surface area contributed by atoms with Gasteiger partial charge in [0, 0.05) is 31.4 Å². The first-order valence-corrected chi connectivity index (χ1v) is 10.5. The Hall–Kier alpha value is -3.37. The van der Waals surface area contributed by atoms with Gasteiger partial charge in [0.2, 0.25) is 0 Å². The second kappa shape index (κ2) is 8.78. The Morgan fingerprint density at radius 1 is 1.35 bits per heavy atom. The molecule has 31 heavy (non-hydrogen) atoms. The highest BCUT2D eigenvalue weighted by Gasteiger charge is 2.26. The van der Waals surface area contributed by atoms with Crippen molar-refractivity contribution in [1.82, 2.24) is 29.6 Å². The zero-order valence-corrected chi connectivity index (χ0v) is 18.5. The van der Waals surface area contributed by atoms with E-state index in [0.717, 1.165) is 10.7 Å². The van der Waals surface area contributed by atoms with Crippen molar-refractivity contribution in [1.29, 1.82) is 0 Å². The van der Waals surface area contributed by atoms with Crippen LogP contribution in [-0.2, 0) is 11.3 Å². The number of hydrogen-bond acceptors (Lipinski definition) is 8. The second-order valence-electron chi connectivity index (χ2n) is 6.99. The van der Waals surface area contributed by atoms with Gasteiger partial charge in [-0.3, -0.25) is 4.79 Å². The average Bonchev–Trinajstić information content (AvgIpc) is 3.54. The maximum Gasteiger partial charge on any atom is 0.257 e. The van der Waals surface area contributed by atoms with E-state index in [0.29, 0.717) is 28.7 Å². The van der Waals surface area contributed by atoms with Gasteiger partial charge >= 0.3 is 0 Å². The van der Waals surface area contributed by atoms with E-state index in [1.165, 1.54) is 22.2 Å². The van der Waals surface area contributed by atoms with E-state index in [4.69, 9.17) is 9.15 Å². The highest BCUT2D eigenvalue weighted by molar-refractivity contribution is 7.09. The van der Waals surface area contributed by atoms with Crippen molar-refractivity contribution in [3.8, 4) is 17.4 Å². The molecule has 0 aliphatic rings. The van der Waals surface area contributed by atoms with Gasteiger partial charge in [0.05, 0.1) is 36.4 Å². The van der Waals surface area contributed by atoms with Crippen LogP contribution in [0.2, 0.25) is 0 Å². The molecule has 0 radical (unpaired) electrons. The number of aromatic nitrogens is 5. The van der Waals surface area contributed by atoms with Gasteiger partial charge in [0.25, 0.3) is 11.9 Å². The fraction of sp³-hybridized carbons (Fsp3) is 0.286. The van der Waals surface area contributed by atoms with Gasteiger partial charge < -0.3 is 14.1 Å². The summed E-state index contributed by atoms with van der Waals surface area (Å²) in [6, 6.07) is 5.18. The first kappa shape index (κ1) is 20.9. The predicted octanol–water partition coefficient (Wildman–Crippen LogP) is 3.67. The highest BCUT2D eigenvalue weighted by Crippen LogP contribution is 2.26. The van der Waals surface area contributed by atoms with E-state index in [2.05, 4.69) is 20.1 Å². The molecule has 9 nitrogen and oxygen atoms in total. The molecule has 4 heterocycles. The van der Waals surface area contributed by atoms with E-state index in [1.54, 1.807) is 43.7 Å². The molecule has 0 bridgehead atoms. The Morgan fingerprint density at radius 3 is 2.87 bits per heavy atom. The molecule has 4 rings (SSSR count). The second-order valence-corrected chi connectivity index (χ2v) is 7.88. The molecule has 160 valence electrons. The van der Waals surface area contributed by atoms with Gasteiger partial charge in [0.1, 0.15) is 10.7 Å². The Bertz CT molecular complexity index is 1180. The van der Waals surface area contributed by atoms with Crippen molar-refractivity contribution >= 4 is 17.2 Å². The molecule has 4 aromatic rings. The van der Waals surface area contributed by atoms with Gasteiger partial charge in [-0.1, -0.05) is 0 Å². The number of carbonyl (C=O) groups excluding carboxylic acids is 1. The lowest BCUT2D eigenvalue weighted by Gasteiger charge is -2.23. The number of aryl methyl sites for hydroxylation is 1. The summed E-state index contributed by atoms with van der Waals surface area (Å²) in [5, 5.41) is 7.24. The van der Waals surface area contributed by atoms with Crippen molar-refractivity contribution in [2.45, 2.75) is 26.5 Å². The largest absolute Gasteiger partial charge is 0.463 e. The summed E-state index contributed by atoms with van der Waals surface area (Å²) in [4.78, 5) is 28.3. The Morgan fingerprint density at radius 2 is 2.19 bits per heavy atom.